The van der Waals surface area contributed by atoms with Gasteiger partial charge in [0.2, 0.25) is 11.9 Å². The maximum atomic E-state index is 11.8. The number of nitrogens with two attached hydrogens (primary N) is 1. The van der Waals surface area contributed by atoms with E-state index in [-0.39, 0.29) is 13.2 Å². The molecule has 0 heterocycles. The van der Waals surface area contributed by atoms with Gasteiger partial charge in [0.15, 0.2) is 0 Å². The molecular weight excluding hydrogens is 252 g/mol. The predicted molar refractivity (Wildman–Crippen MR) is 68.0 cm³/mol. The van der Waals surface area contributed by atoms with E-state index in [1.165, 1.54) is 0 Å². The molecule has 0 rings (SSSR count). The van der Waals surface area contributed by atoms with Crippen LogP contribution in [0.3, 0.4) is 0 Å². The molecule has 7 heteroatoms. The molecule has 0 spiro atoms. The first-order chi connectivity index (χ1) is 8.84. The molecule has 0 aromatic rings. The lowest BCUT2D eigenvalue weighted by Gasteiger charge is -2.20. The van der Waals surface area contributed by atoms with Crippen molar-refractivity contribution < 1.29 is 23.9 Å². The van der Waals surface area contributed by atoms with Crippen LogP contribution in [0.2, 0.25) is 0 Å². The van der Waals surface area contributed by atoms with Crippen molar-refractivity contribution in [3.8, 4) is 0 Å². The highest BCUT2D eigenvalue weighted by Crippen LogP contribution is 2.02. The zero-order valence-corrected chi connectivity index (χ0v) is 11.8. The minimum atomic E-state index is -1.45. The van der Waals surface area contributed by atoms with Crippen LogP contribution >= 0.6 is 0 Å². The molecule has 0 saturated carbocycles. The Morgan fingerprint density at radius 3 is 1.79 bits per heavy atom. The van der Waals surface area contributed by atoms with Crippen LogP contribution in [0.25, 0.3) is 0 Å². The van der Waals surface area contributed by atoms with Crippen molar-refractivity contribution >= 4 is 17.8 Å². The lowest BCUT2D eigenvalue weighted by atomic mass is 10.0. The van der Waals surface area contributed by atoms with E-state index < -0.39 is 35.8 Å². The van der Waals surface area contributed by atoms with E-state index >= 15 is 0 Å². The third-order valence-corrected chi connectivity index (χ3v) is 2.53. The van der Waals surface area contributed by atoms with Gasteiger partial charge in [0.1, 0.15) is 0 Å². The standard InChI is InChI=1S/C12H22N2O5/c1-5-18-11(16)9(12(17)19-6-2)14-10(15)7(3)8(4)13/h7-9H,5-6,13H2,1-4H3,(H,14,15). The molecule has 1 amide bonds. The Hall–Kier alpha value is -1.63. The summed E-state index contributed by atoms with van der Waals surface area (Å²) in [6, 6.07) is -1.85. The maximum Gasteiger partial charge on any atom is 0.340 e. The second kappa shape index (κ2) is 8.47. The Morgan fingerprint density at radius 1 is 1.05 bits per heavy atom. The first-order valence-corrected chi connectivity index (χ1v) is 6.24. The minimum absolute atomic E-state index is 0.105. The quantitative estimate of drug-likeness (QED) is 0.482. The van der Waals surface area contributed by atoms with Gasteiger partial charge in [0, 0.05) is 12.0 Å². The summed E-state index contributed by atoms with van der Waals surface area (Å²) in [6.45, 7) is 6.68. The molecule has 2 unspecified atom stereocenters. The first-order valence-electron chi connectivity index (χ1n) is 6.24. The summed E-state index contributed by atoms with van der Waals surface area (Å²) in [5.74, 6) is -2.72. The lowest BCUT2D eigenvalue weighted by Crippen LogP contribution is -2.51. The van der Waals surface area contributed by atoms with Gasteiger partial charge >= 0.3 is 11.9 Å². The maximum absolute atomic E-state index is 11.8. The van der Waals surface area contributed by atoms with Crippen LogP contribution < -0.4 is 11.1 Å². The summed E-state index contributed by atoms with van der Waals surface area (Å²) in [5.41, 5.74) is 5.59. The third kappa shape index (κ3) is 5.69. The second-order valence-electron chi connectivity index (χ2n) is 4.09. The molecule has 0 aromatic carbocycles. The van der Waals surface area contributed by atoms with Crippen molar-refractivity contribution in [3.63, 3.8) is 0 Å². The summed E-state index contributed by atoms with van der Waals surface area (Å²) in [6.07, 6.45) is 0. The number of hydrogen-bond acceptors (Lipinski definition) is 6. The molecule has 2 atom stereocenters. The molecular formula is C12H22N2O5. The van der Waals surface area contributed by atoms with Gasteiger partial charge in [-0.3, -0.25) is 4.79 Å². The summed E-state index contributed by atoms with van der Waals surface area (Å²) < 4.78 is 9.45. The average Bonchev–Trinajstić information content (AvgIpc) is 2.34. The Balaban J connectivity index is 4.80. The van der Waals surface area contributed by atoms with E-state index in [1.807, 2.05) is 0 Å². The molecule has 0 aromatic heterocycles. The van der Waals surface area contributed by atoms with Gasteiger partial charge in [-0.15, -0.1) is 0 Å². The van der Waals surface area contributed by atoms with Crippen LogP contribution in [0, 0.1) is 5.92 Å². The first kappa shape index (κ1) is 17.4. The zero-order valence-electron chi connectivity index (χ0n) is 11.8. The molecule has 0 aliphatic heterocycles. The molecule has 0 radical (unpaired) electrons. The normalized spacial score (nSPS) is 13.6. The Labute approximate surface area is 112 Å². The molecule has 0 saturated heterocycles. The monoisotopic (exact) mass is 274 g/mol. The fourth-order valence-corrected chi connectivity index (χ4v) is 1.18. The van der Waals surface area contributed by atoms with Crippen LogP contribution in [0.4, 0.5) is 0 Å². The average molecular weight is 274 g/mol. The van der Waals surface area contributed by atoms with E-state index in [1.54, 1.807) is 27.7 Å². The molecule has 110 valence electrons. The highest BCUT2D eigenvalue weighted by Gasteiger charge is 2.33. The number of nitrogens with one attached hydrogen (secondary N) is 1. The van der Waals surface area contributed by atoms with Crippen molar-refractivity contribution in [1.82, 2.24) is 5.32 Å². The van der Waals surface area contributed by atoms with Crippen LogP contribution in [0.5, 0.6) is 0 Å². The van der Waals surface area contributed by atoms with Gasteiger partial charge in [-0.2, -0.15) is 0 Å². The number of rotatable bonds is 7. The highest BCUT2D eigenvalue weighted by atomic mass is 16.6. The van der Waals surface area contributed by atoms with Gasteiger partial charge in [0.25, 0.3) is 0 Å². The summed E-state index contributed by atoms with van der Waals surface area (Å²) in [4.78, 5) is 35.0. The van der Waals surface area contributed by atoms with E-state index in [9.17, 15) is 14.4 Å². The molecule has 0 aliphatic carbocycles. The van der Waals surface area contributed by atoms with Gasteiger partial charge < -0.3 is 20.5 Å². The number of hydrogen-bond donors (Lipinski definition) is 2. The number of carbonyl (C=O) groups excluding carboxylic acids is 3. The van der Waals surface area contributed by atoms with Crippen molar-refractivity contribution in [3.05, 3.63) is 0 Å². The SMILES string of the molecule is CCOC(=O)C(NC(=O)C(C)C(C)N)C(=O)OCC. The number of amides is 1. The van der Waals surface area contributed by atoms with Gasteiger partial charge in [-0.25, -0.2) is 9.59 Å². The fraction of sp³-hybridized carbons (Fsp3) is 0.750. The van der Waals surface area contributed by atoms with Gasteiger partial charge in [-0.05, 0) is 20.8 Å². The van der Waals surface area contributed by atoms with Gasteiger partial charge in [-0.1, -0.05) is 6.92 Å². The van der Waals surface area contributed by atoms with Crippen molar-refractivity contribution in [2.75, 3.05) is 13.2 Å². The Bertz CT molecular complexity index is 312. The minimum Gasteiger partial charge on any atom is -0.464 e. The smallest absolute Gasteiger partial charge is 0.340 e. The fourth-order valence-electron chi connectivity index (χ4n) is 1.18. The molecule has 7 nitrogen and oxygen atoms in total. The summed E-state index contributed by atoms with van der Waals surface area (Å²) in [5, 5.41) is 2.30. The van der Waals surface area contributed by atoms with Crippen LogP contribution in [0.15, 0.2) is 0 Å². The number of carbonyl (C=O) groups is 3. The van der Waals surface area contributed by atoms with Crippen molar-refractivity contribution in [2.45, 2.75) is 39.8 Å². The van der Waals surface area contributed by atoms with Crippen LogP contribution in [0.1, 0.15) is 27.7 Å². The molecule has 0 fully saturated rings. The van der Waals surface area contributed by atoms with E-state index in [0.717, 1.165) is 0 Å². The second-order valence-corrected chi connectivity index (χ2v) is 4.09. The molecule has 19 heavy (non-hydrogen) atoms. The highest BCUT2D eigenvalue weighted by molar-refractivity contribution is 6.02. The molecule has 0 bridgehead atoms. The molecule has 3 N–H and O–H groups in total. The topological polar surface area (TPSA) is 108 Å². The van der Waals surface area contributed by atoms with Crippen molar-refractivity contribution in [2.24, 2.45) is 11.7 Å². The van der Waals surface area contributed by atoms with E-state index in [0.29, 0.717) is 0 Å². The van der Waals surface area contributed by atoms with Crippen LogP contribution in [-0.4, -0.2) is 43.1 Å². The van der Waals surface area contributed by atoms with Crippen molar-refractivity contribution in [1.29, 1.82) is 0 Å². The van der Waals surface area contributed by atoms with E-state index in [2.05, 4.69) is 5.32 Å². The summed E-state index contributed by atoms with van der Waals surface area (Å²) in [7, 11) is 0. The third-order valence-electron chi connectivity index (χ3n) is 2.53. The van der Waals surface area contributed by atoms with E-state index in [4.69, 9.17) is 15.2 Å². The summed E-state index contributed by atoms with van der Waals surface area (Å²) >= 11 is 0. The van der Waals surface area contributed by atoms with Crippen LogP contribution in [-0.2, 0) is 23.9 Å². The molecule has 0 aliphatic rings. The van der Waals surface area contributed by atoms with Gasteiger partial charge in [0.05, 0.1) is 13.2 Å². The zero-order chi connectivity index (χ0) is 15.0. The Kier molecular flexibility index (Phi) is 7.74. The largest absolute Gasteiger partial charge is 0.464 e. The predicted octanol–water partition coefficient (Wildman–Crippen LogP) is -0.419. The number of esters is 2. The Morgan fingerprint density at radius 2 is 1.47 bits per heavy atom. The lowest BCUT2D eigenvalue weighted by molar-refractivity contribution is -0.160. The number of ether oxygens (including phenoxy) is 2.